The van der Waals surface area contributed by atoms with Gasteiger partial charge in [-0.3, -0.25) is 63.9 Å². The molecule has 4 aliphatic heterocycles. The number of carboxylic acids is 1. The van der Waals surface area contributed by atoms with Gasteiger partial charge in [0, 0.05) is 134 Å². The average molecular weight is 1890 g/mol. The molecule has 9 heterocycles. The summed E-state index contributed by atoms with van der Waals surface area (Å²) in [6.45, 7) is 15.6. The molecule has 0 unspecified atom stereocenters. The Morgan fingerprint density at radius 1 is 0.526 bits per heavy atom. The van der Waals surface area contributed by atoms with E-state index in [1.165, 1.54) is 23.8 Å². The number of hydroxylamine groups is 2. The summed E-state index contributed by atoms with van der Waals surface area (Å²) in [4.78, 5) is 124. The molecule has 30 heteroatoms. The van der Waals surface area contributed by atoms with Crippen LogP contribution >= 0.6 is 28.3 Å². The third kappa shape index (κ3) is 30.2. The van der Waals surface area contributed by atoms with Crippen LogP contribution in [0.4, 0.5) is 26.7 Å². The van der Waals surface area contributed by atoms with Crippen LogP contribution in [0.3, 0.4) is 0 Å². The molecule has 4 spiro atoms. The number of hydrogen-bond donors (Lipinski definition) is 8. The highest BCUT2D eigenvalue weighted by atomic mass is 79.9. The molecule has 4 saturated heterocycles. The number of benzene rings is 5. The van der Waals surface area contributed by atoms with E-state index in [1.807, 2.05) is 192 Å². The molecular formula is C103H122BBrClN13O14. The third-order valence-electron chi connectivity index (χ3n) is 24.8. The maximum atomic E-state index is 13.5. The number of nitrogens with one attached hydrogen (secondary N) is 2. The monoisotopic (exact) mass is 1890 g/mol. The smallest absolute Gasteiger partial charge is 0.480 e. The second-order valence-corrected chi connectivity index (χ2v) is 38.9. The fraction of sp³-hybridized carbons (Fsp3) is 0.388. The first-order valence-corrected chi connectivity index (χ1v) is 46.0. The molecule has 0 bridgehead atoms. The molecule has 700 valence electrons. The highest BCUT2D eigenvalue weighted by molar-refractivity contribution is 9.10. The van der Waals surface area contributed by atoms with Crippen molar-refractivity contribution in [3.8, 4) is 44.5 Å². The molecule has 8 fully saturated rings. The zero-order chi connectivity index (χ0) is 94.4. The van der Waals surface area contributed by atoms with Crippen LogP contribution in [-0.2, 0) is 51.1 Å². The molecule has 4 saturated carbocycles. The third-order valence-corrected chi connectivity index (χ3v) is 25.3. The van der Waals surface area contributed by atoms with Crippen molar-refractivity contribution >= 4 is 106 Å². The number of unbranched alkanes of at least 4 members (excludes halogenated alkanes) is 1. The van der Waals surface area contributed by atoms with E-state index in [4.69, 9.17) is 36.1 Å². The van der Waals surface area contributed by atoms with Gasteiger partial charge in [-0.1, -0.05) is 129 Å². The first-order chi connectivity index (χ1) is 63.1. The minimum atomic E-state index is -1.43. The molecule has 27 nitrogen and oxygen atoms in total. The Bertz CT molecular complexity index is 5560. The predicted molar refractivity (Wildman–Crippen MR) is 520 cm³/mol. The quantitative estimate of drug-likeness (QED) is 0.0109. The van der Waals surface area contributed by atoms with Gasteiger partial charge in [0.15, 0.2) is 11.6 Å². The van der Waals surface area contributed by atoms with Crippen LogP contribution in [0.1, 0.15) is 156 Å². The summed E-state index contributed by atoms with van der Waals surface area (Å²) in [5.41, 5.74) is 23.4. The zero-order valence-corrected chi connectivity index (χ0v) is 78.9. The maximum Gasteiger partial charge on any atom is 0.488 e. The number of hydrogen-bond acceptors (Lipinski definition) is 21. The summed E-state index contributed by atoms with van der Waals surface area (Å²) in [6.07, 6.45) is 32.1. The first kappa shape index (κ1) is 101. The first-order valence-electron chi connectivity index (χ1n) is 45.2. The number of aliphatic carboxylic acids is 1. The number of carboxylic acid groups (broad SMARTS) is 1. The highest BCUT2D eigenvalue weighted by Gasteiger charge is 2.59. The van der Waals surface area contributed by atoms with Crippen molar-refractivity contribution in [1.82, 2.24) is 50.0 Å². The SMILES string of the molecule is Brc1cccnc1.CC(C)(C)OC(=O)N1CC2(CC2)C[C@H]1C(=O)Cc1cccc(-c2cccnc2)c1.CC(C)(C)OC(=O)N1CC2(CC2)C[C@H]1C(=O)O.CCCC[C@H](CN(O)C=O)C(=O)N1CC2(CC2)C[C@H]1C(=O)Nc1cccc(-c2cccnc2)c1.Cl.Nc1cccc(-c2cccnc2)c1.Nc1cccc(B(O)O)c1.O=C(Cc1cccc(-c2cccnc2)c1)[C@@H]1CC2(CC2)CN1. The van der Waals surface area contributed by atoms with Gasteiger partial charge >= 0.3 is 25.3 Å². The van der Waals surface area contributed by atoms with Gasteiger partial charge in [0.25, 0.3) is 0 Å². The van der Waals surface area contributed by atoms with Crippen molar-refractivity contribution in [2.75, 3.05) is 49.5 Å². The second-order valence-electron chi connectivity index (χ2n) is 37.9. The number of nitrogen functional groups attached to an aromatic ring is 2. The average Bonchev–Trinajstić information content (AvgIpc) is 1.60. The van der Waals surface area contributed by atoms with E-state index in [-0.39, 0.29) is 64.9 Å². The van der Waals surface area contributed by atoms with E-state index >= 15 is 0 Å². The summed E-state index contributed by atoms with van der Waals surface area (Å²) in [5.74, 6) is -1.42. The molecule has 5 aromatic carbocycles. The number of carbonyl (C=O) groups excluding carboxylic acids is 7. The summed E-state index contributed by atoms with van der Waals surface area (Å²) >= 11 is 3.25. The summed E-state index contributed by atoms with van der Waals surface area (Å²) in [5, 5.41) is 43.1. The van der Waals surface area contributed by atoms with E-state index in [2.05, 4.69) is 63.6 Å². The molecule has 133 heavy (non-hydrogen) atoms. The van der Waals surface area contributed by atoms with Crippen LogP contribution < -0.4 is 27.6 Å². The molecular weight excluding hydrogens is 1770 g/mol. The fourth-order valence-electron chi connectivity index (χ4n) is 17.0. The number of carbonyl (C=O) groups is 8. The van der Waals surface area contributed by atoms with Crippen LogP contribution in [-0.4, -0.2) is 188 Å². The Morgan fingerprint density at radius 3 is 1.34 bits per heavy atom. The number of nitrogens with two attached hydrogens (primary N) is 2. The number of Topliss-reactive ketones (excluding diaryl/α,β-unsaturated/α-hetero) is 2. The molecule has 5 amide bonds. The maximum absolute atomic E-state index is 13.5. The summed E-state index contributed by atoms with van der Waals surface area (Å²) < 4.78 is 11.8. The Kier molecular flexibility index (Phi) is 35.1. The van der Waals surface area contributed by atoms with Gasteiger partial charge in [-0.15, -0.1) is 12.4 Å². The van der Waals surface area contributed by atoms with Gasteiger partial charge in [0.2, 0.25) is 18.2 Å². The zero-order valence-electron chi connectivity index (χ0n) is 76.5. The summed E-state index contributed by atoms with van der Waals surface area (Å²) in [7, 11) is -1.43. The Hall–Kier alpha value is -12.1. The normalized spacial score (nSPS) is 18.3. The van der Waals surface area contributed by atoms with Crippen LogP contribution in [0.15, 0.2) is 248 Å². The van der Waals surface area contributed by atoms with Crippen molar-refractivity contribution in [2.24, 2.45) is 27.6 Å². The molecule has 8 aliphatic rings. The molecule has 5 aromatic heterocycles. The van der Waals surface area contributed by atoms with Crippen LogP contribution in [0, 0.1) is 27.6 Å². The molecule has 5 atom stereocenters. The van der Waals surface area contributed by atoms with Crippen molar-refractivity contribution in [3.63, 3.8) is 0 Å². The fourth-order valence-corrected chi connectivity index (χ4v) is 17.3. The molecule has 10 aromatic rings. The molecule has 18 rings (SSSR count). The molecule has 0 radical (unpaired) electrons. The minimum absolute atomic E-state index is 0. The Labute approximate surface area is 793 Å². The lowest BCUT2D eigenvalue weighted by Crippen LogP contribution is -2.47. The van der Waals surface area contributed by atoms with Gasteiger partial charge in [0.05, 0.1) is 24.5 Å². The van der Waals surface area contributed by atoms with Crippen molar-refractivity contribution in [1.29, 1.82) is 0 Å². The number of pyridine rings is 5. The topological polar surface area (TPSA) is 389 Å². The van der Waals surface area contributed by atoms with E-state index < -0.39 is 54.4 Å². The largest absolute Gasteiger partial charge is 0.488 e. The molecule has 10 N–H and O–H groups in total. The van der Waals surface area contributed by atoms with Crippen molar-refractivity contribution in [3.05, 3.63) is 260 Å². The van der Waals surface area contributed by atoms with E-state index in [0.717, 1.165) is 137 Å². The Balaban J connectivity index is 0.000000157. The standard InChI is InChI=1S/C26H32N4O4.C24H28N2O3.C19H20N2O.C12H19NO4.C11H10N2.C6H8BNO2.C5H4BrN.ClH/c1-2-3-6-21(16-29(34)18-31)25(33)30-17-26(10-11-26)14-23(30)24(32)28-22-9-4-7-19(13-22)20-8-5-12-27-15-20;1-23(2,3)29-22(28)26-16-24(9-10-24)14-20(26)21(27)13-17-6-4-7-18(12-17)19-8-5-11-25-15-19;22-18(17-11-19(6-7-19)13-21-17)10-14-3-1-4-15(9-14)16-5-2-8-20-12-16;1-11(2,3)17-10(16)13-7-12(4-5-12)6-8(13)9(14)15;12-11-5-1-3-9(7-11)10-4-2-6-13-8-10;8-6-3-1-2-5(4-6)7(9)10;6-5-2-1-3-7-4-5;/h4-5,7-9,12-13,15,18,21,23,34H,2-3,6,10-11,14,16-17H2,1H3,(H,28,32);4-8,11-12,15,20H,9-10,13-14,16H2,1-3H3;1-5,8-9,12,17,21H,6-7,10-11,13H2;8H,4-7H2,1-3H3,(H,14,15);1-8H,12H2;1-4,9-10H,8H2;1-4H;1H/t21-,23+;20-;17-;8-;;;;/m1000..../s1. The van der Waals surface area contributed by atoms with Gasteiger partial charge in [0.1, 0.15) is 23.3 Å². The highest BCUT2D eigenvalue weighted by Crippen LogP contribution is 2.58. The number of halogens is 2. The number of ketones is 2. The van der Waals surface area contributed by atoms with Crippen LogP contribution in [0.2, 0.25) is 0 Å². The van der Waals surface area contributed by atoms with Crippen molar-refractivity contribution < 1.29 is 68.2 Å². The molecule has 4 aliphatic carbocycles. The number of aromatic nitrogens is 5. The van der Waals surface area contributed by atoms with Gasteiger partial charge in [-0.2, -0.15) is 0 Å². The number of ether oxygens (including phenoxy) is 2. The number of amides is 5. The number of anilines is 3. The lowest BCUT2D eigenvalue weighted by atomic mass is 9.80. The van der Waals surface area contributed by atoms with Gasteiger partial charge in [-0.05, 0) is 285 Å². The second kappa shape index (κ2) is 46.0. The Morgan fingerprint density at radius 2 is 0.940 bits per heavy atom. The van der Waals surface area contributed by atoms with Gasteiger partial charge in [-0.25, -0.2) is 19.4 Å². The minimum Gasteiger partial charge on any atom is -0.480 e. The van der Waals surface area contributed by atoms with Crippen molar-refractivity contribution in [2.45, 2.75) is 193 Å². The predicted octanol–water partition coefficient (Wildman–Crippen LogP) is 16.8. The van der Waals surface area contributed by atoms with Crippen LogP contribution in [0.25, 0.3) is 44.5 Å². The number of likely N-dealkylation sites (tertiary alicyclic amines) is 3. The summed E-state index contributed by atoms with van der Waals surface area (Å²) in [6, 6.07) is 55.9. The number of nitrogens with zero attached hydrogens (tertiary/aromatic N) is 9. The lowest BCUT2D eigenvalue weighted by Gasteiger charge is -2.29. The van der Waals surface area contributed by atoms with E-state index in [9.17, 15) is 43.6 Å². The van der Waals surface area contributed by atoms with Gasteiger partial charge < -0.3 is 51.6 Å². The number of rotatable bonds is 21. The van der Waals surface area contributed by atoms with Crippen LogP contribution in [0.5, 0.6) is 0 Å². The lowest BCUT2D eigenvalue weighted by molar-refractivity contribution is -0.157. The van der Waals surface area contributed by atoms with E-state index in [0.29, 0.717) is 91.2 Å². The van der Waals surface area contributed by atoms with E-state index in [1.54, 1.807) is 92.1 Å².